The minimum absolute atomic E-state index is 0.0238. The topological polar surface area (TPSA) is 72.6 Å². The Balaban J connectivity index is 1.78. The molecule has 1 N–H and O–H groups in total. The second-order valence-electron chi connectivity index (χ2n) is 6.51. The van der Waals surface area contributed by atoms with E-state index in [-0.39, 0.29) is 11.9 Å². The van der Waals surface area contributed by atoms with Crippen LogP contribution in [0.1, 0.15) is 38.2 Å². The fourth-order valence-electron chi connectivity index (χ4n) is 3.79. The largest absolute Gasteiger partial charge is 0.361 e. The lowest BCUT2D eigenvalue weighted by Crippen LogP contribution is -2.64. The average Bonchev–Trinajstić information content (AvgIpc) is 2.53. The molecule has 120 valence electrons. The lowest BCUT2D eigenvalue weighted by Gasteiger charge is -2.52. The predicted octanol–water partition coefficient (Wildman–Crippen LogP) is 2.51. The number of benzene rings is 1. The fourth-order valence-corrected chi connectivity index (χ4v) is 3.79. The summed E-state index contributed by atoms with van der Waals surface area (Å²) in [5, 5.41) is 21.6. The van der Waals surface area contributed by atoms with Gasteiger partial charge in [0.15, 0.2) is 6.23 Å². The molecular formula is C16H23N2O4+. The van der Waals surface area contributed by atoms with Crippen LogP contribution in [0.15, 0.2) is 24.3 Å². The van der Waals surface area contributed by atoms with Crippen molar-refractivity contribution in [1.82, 2.24) is 0 Å². The Morgan fingerprint density at radius 3 is 2.41 bits per heavy atom. The van der Waals surface area contributed by atoms with E-state index in [2.05, 4.69) is 0 Å². The molecule has 1 aromatic carbocycles. The minimum Gasteiger partial charge on any atom is -0.361 e. The van der Waals surface area contributed by atoms with Crippen LogP contribution in [0.5, 0.6) is 0 Å². The number of ether oxygens (including phenoxy) is 1. The Labute approximate surface area is 130 Å². The first-order valence-electron chi connectivity index (χ1n) is 7.96. The highest BCUT2D eigenvalue weighted by atomic mass is 16.6. The molecule has 2 aliphatic heterocycles. The van der Waals surface area contributed by atoms with Crippen LogP contribution >= 0.6 is 0 Å². The summed E-state index contributed by atoms with van der Waals surface area (Å²) < 4.78 is 6.94. The van der Waals surface area contributed by atoms with Crippen molar-refractivity contribution in [2.75, 3.05) is 19.6 Å². The summed E-state index contributed by atoms with van der Waals surface area (Å²) >= 11 is 0. The van der Waals surface area contributed by atoms with Gasteiger partial charge in [-0.05, 0) is 31.4 Å². The Morgan fingerprint density at radius 2 is 1.86 bits per heavy atom. The van der Waals surface area contributed by atoms with Crippen molar-refractivity contribution in [2.45, 2.75) is 44.6 Å². The highest BCUT2D eigenvalue weighted by Gasteiger charge is 2.48. The van der Waals surface area contributed by atoms with Crippen LogP contribution in [0.25, 0.3) is 0 Å². The van der Waals surface area contributed by atoms with Crippen LogP contribution in [0.2, 0.25) is 0 Å². The zero-order valence-corrected chi connectivity index (χ0v) is 12.9. The second-order valence-corrected chi connectivity index (χ2v) is 6.51. The summed E-state index contributed by atoms with van der Waals surface area (Å²) in [7, 11) is 0. The van der Waals surface area contributed by atoms with E-state index in [0.29, 0.717) is 12.0 Å². The van der Waals surface area contributed by atoms with E-state index in [1.807, 2.05) is 6.92 Å². The maximum absolute atomic E-state index is 10.9. The zero-order chi connectivity index (χ0) is 15.8. The number of quaternary nitrogens is 1. The molecule has 22 heavy (non-hydrogen) atoms. The number of nitro groups is 1. The molecule has 6 nitrogen and oxygen atoms in total. The van der Waals surface area contributed by atoms with Gasteiger partial charge in [0.25, 0.3) is 5.69 Å². The van der Waals surface area contributed by atoms with Crippen molar-refractivity contribution in [3.63, 3.8) is 0 Å². The van der Waals surface area contributed by atoms with E-state index in [1.54, 1.807) is 12.1 Å². The molecule has 0 bridgehead atoms. The summed E-state index contributed by atoms with van der Waals surface area (Å²) in [6.07, 6.45) is 4.16. The summed E-state index contributed by atoms with van der Waals surface area (Å²) in [6, 6.07) is 6.02. The van der Waals surface area contributed by atoms with Crippen molar-refractivity contribution >= 4 is 5.69 Å². The normalized spacial score (nSPS) is 31.1. The summed E-state index contributed by atoms with van der Waals surface area (Å²) in [5.74, 6) is -1.34. The molecule has 2 fully saturated rings. The maximum Gasteiger partial charge on any atom is 0.269 e. The van der Waals surface area contributed by atoms with Gasteiger partial charge in [-0.1, -0.05) is 0 Å². The number of piperidine rings is 1. The van der Waals surface area contributed by atoms with Gasteiger partial charge >= 0.3 is 0 Å². The molecule has 0 unspecified atom stereocenters. The van der Waals surface area contributed by atoms with Gasteiger partial charge < -0.3 is 5.11 Å². The van der Waals surface area contributed by atoms with Crippen LogP contribution < -0.4 is 0 Å². The van der Waals surface area contributed by atoms with Crippen molar-refractivity contribution < 1.29 is 19.2 Å². The van der Waals surface area contributed by atoms with Gasteiger partial charge in [0.05, 0.1) is 31.0 Å². The Bertz CT molecular complexity index is 554. The smallest absolute Gasteiger partial charge is 0.269 e. The van der Waals surface area contributed by atoms with E-state index < -0.39 is 10.7 Å². The van der Waals surface area contributed by atoms with Gasteiger partial charge in [-0.25, -0.2) is 0 Å². The van der Waals surface area contributed by atoms with Gasteiger partial charge in [-0.2, -0.15) is 0 Å². The predicted molar refractivity (Wildman–Crippen MR) is 80.9 cm³/mol. The highest BCUT2D eigenvalue weighted by molar-refractivity contribution is 5.34. The van der Waals surface area contributed by atoms with Crippen molar-refractivity contribution in [3.8, 4) is 0 Å². The van der Waals surface area contributed by atoms with E-state index in [1.165, 1.54) is 31.4 Å². The molecule has 3 rings (SSSR count). The van der Waals surface area contributed by atoms with Gasteiger partial charge in [0, 0.05) is 24.6 Å². The SMILES string of the molecule is C[C@@H]1O[C@](O)(c2ccc([N+](=O)[O-])cc2)CC[N+]12CCCCC2. The highest BCUT2D eigenvalue weighted by Crippen LogP contribution is 2.39. The van der Waals surface area contributed by atoms with Crippen molar-refractivity contribution in [1.29, 1.82) is 0 Å². The number of non-ortho nitro benzene ring substituents is 1. The summed E-state index contributed by atoms with van der Waals surface area (Å²) in [5.41, 5.74) is 0.621. The Kier molecular flexibility index (Phi) is 3.92. The maximum atomic E-state index is 10.9. The number of hydrogen-bond donors (Lipinski definition) is 1. The first-order chi connectivity index (χ1) is 10.5. The number of nitro benzene ring substituents is 1. The molecule has 0 saturated carbocycles. The Morgan fingerprint density at radius 1 is 1.23 bits per heavy atom. The molecule has 2 atom stereocenters. The quantitative estimate of drug-likeness (QED) is 0.517. The second kappa shape index (κ2) is 5.61. The van der Waals surface area contributed by atoms with Crippen LogP contribution in [0.3, 0.4) is 0 Å². The zero-order valence-electron chi connectivity index (χ0n) is 12.9. The van der Waals surface area contributed by atoms with Crippen LogP contribution in [-0.4, -0.2) is 40.4 Å². The van der Waals surface area contributed by atoms with Crippen LogP contribution in [0, 0.1) is 10.1 Å². The number of aliphatic hydroxyl groups is 1. The number of nitrogens with zero attached hydrogens (tertiary/aromatic N) is 2. The fraction of sp³-hybridized carbons (Fsp3) is 0.625. The molecule has 2 aliphatic rings. The van der Waals surface area contributed by atoms with Gasteiger partial charge in [0.2, 0.25) is 5.79 Å². The summed E-state index contributed by atoms with van der Waals surface area (Å²) in [6.45, 7) is 5.13. The lowest BCUT2D eigenvalue weighted by molar-refractivity contribution is -0.987. The average molecular weight is 307 g/mol. The molecule has 6 heteroatoms. The third kappa shape index (κ3) is 2.62. The van der Waals surface area contributed by atoms with E-state index in [4.69, 9.17) is 4.74 Å². The third-order valence-corrected chi connectivity index (χ3v) is 5.27. The lowest BCUT2D eigenvalue weighted by atomic mass is 9.96. The number of hydrogen-bond acceptors (Lipinski definition) is 4. The molecule has 2 heterocycles. The van der Waals surface area contributed by atoms with E-state index >= 15 is 0 Å². The monoisotopic (exact) mass is 307 g/mol. The van der Waals surface area contributed by atoms with Crippen molar-refractivity contribution in [3.05, 3.63) is 39.9 Å². The van der Waals surface area contributed by atoms with Crippen molar-refractivity contribution in [2.24, 2.45) is 0 Å². The standard InChI is InChI=1S/C16H23N2O4/c1-13-18(10-3-2-4-11-18)12-9-16(19,22-13)14-5-7-15(8-6-14)17(20)21/h5-8,13,19H,2-4,9-12H2,1H3/q+1/t13-,16-/m0/s1. The summed E-state index contributed by atoms with van der Waals surface area (Å²) in [4.78, 5) is 10.3. The van der Waals surface area contributed by atoms with Crippen LogP contribution in [0.4, 0.5) is 5.69 Å². The molecule has 1 spiro atoms. The minimum atomic E-state index is -1.34. The molecule has 1 aromatic rings. The first kappa shape index (κ1) is 15.4. The van der Waals surface area contributed by atoms with Gasteiger partial charge in [-0.3, -0.25) is 19.3 Å². The Hall–Kier alpha value is -1.50. The van der Waals surface area contributed by atoms with Gasteiger partial charge in [0.1, 0.15) is 0 Å². The molecule has 0 amide bonds. The molecule has 0 aromatic heterocycles. The first-order valence-corrected chi connectivity index (χ1v) is 7.96. The number of rotatable bonds is 2. The van der Waals surface area contributed by atoms with E-state index in [0.717, 1.165) is 24.1 Å². The molecule has 2 saturated heterocycles. The third-order valence-electron chi connectivity index (χ3n) is 5.27. The molecule has 0 aliphatic carbocycles. The van der Waals surface area contributed by atoms with Crippen LogP contribution in [-0.2, 0) is 10.5 Å². The van der Waals surface area contributed by atoms with E-state index in [9.17, 15) is 15.2 Å². The molecular weight excluding hydrogens is 284 g/mol. The molecule has 0 radical (unpaired) electrons. The van der Waals surface area contributed by atoms with Gasteiger partial charge in [-0.15, -0.1) is 0 Å².